The van der Waals surface area contributed by atoms with Crippen molar-refractivity contribution in [2.45, 2.75) is 20.3 Å². The van der Waals surface area contributed by atoms with E-state index in [2.05, 4.69) is 24.9 Å². The highest BCUT2D eigenvalue weighted by atomic mass is 16.2. The van der Waals surface area contributed by atoms with Gasteiger partial charge in [0.15, 0.2) is 0 Å². The van der Waals surface area contributed by atoms with E-state index in [0.717, 1.165) is 10.9 Å². The quantitative estimate of drug-likeness (QED) is 0.906. The summed E-state index contributed by atoms with van der Waals surface area (Å²) in [5.41, 5.74) is 1.55. The SMILES string of the molecule is CC(C)CN(CCC#N)C(=O)c1cc2ccccc2[nH]1. The number of hydrogen-bond acceptors (Lipinski definition) is 2. The molecule has 0 saturated heterocycles. The summed E-state index contributed by atoms with van der Waals surface area (Å²) >= 11 is 0. The van der Waals surface area contributed by atoms with Gasteiger partial charge in [0.1, 0.15) is 5.69 Å². The number of carbonyl (C=O) groups is 1. The molecule has 0 radical (unpaired) electrons. The minimum atomic E-state index is -0.0369. The molecule has 2 rings (SSSR count). The Morgan fingerprint density at radius 1 is 1.40 bits per heavy atom. The standard InChI is InChI=1S/C16H19N3O/c1-12(2)11-19(9-5-8-17)16(20)15-10-13-6-3-4-7-14(13)18-15/h3-4,6-7,10,12,18H,5,9,11H2,1-2H3. The average Bonchev–Trinajstić information content (AvgIpc) is 2.86. The number of aromatic nitrogens is 1. The third kappa shape index (κ3) is 3.18. The molecule has 4 nitrogen and oxygen atoms in total. The van der Waals surface area contributed by atoms with E-state index in [0.29, 0.717) is 31.1 Å². The summed E-state index contributed by atoms with van der Waals surface area (Å²) in [5, 5.41) is 9.75. The van der Waals surface area contributed by atoms with Crippen LogP contribution in [0.2, 0.25) is 0 Å². The zero-order chi connectivity index (χ0) is 14.5. The predicted molar refractivity (Wildman–Crippen MR) is 79.3 cm³/mol. The van der Waals surface area contributed by atoms with Gasteiger partial charge < -0.3 is 9.88 Å². The molecule has 1 aromatic heterocycles. The minimum absolute atomic E-state index is 0.0369. The predicted octanol–water partition coefficient (Wildman–Crippen LogP) is 3.18. The van der Waals surface area contributed by atoms with Gasteiger partial charge in [-0.05, 0) is 18.1 Å². The third-order valence-corrected chi connectivity index (χ3v) is 3.13. The zero-order valence-corrected chi connectivity index (χ0v) is 11.9. The fourth-order valence-electron chi connectivity index (χ4n) is 2.26. The Balaban J connectivity index is 2.23. The van der Waals surface area contributed by atoms with E-state index in [1.807, 2.05) is 30.3 Å². The molecule has 1 N–H and O–H groups in total. The highest BCUT2D eigenvalue weighted by molar-refractivity contribution is 5.98. The largest absolute Gasteiger partial charge is 0.351 e. The van der Waals surface area contributed by atoms with E-state index in [1.54, 1.807) is 4.90 Å². The van der Waals surface area contributed by atoms with Crippen molar-refractivity contribution in [3.63, 3.8) is 0 Å². The van der Waals surface area contributed by atoms with E-state index in [9.17, 15) is 4.79 Å². The Morgan fingerprint density at radius 3 is 2.80 bits per heavy atom. The normalized spacial score (nSPS) is 10.7. The summed E-state index contributed by atoms with van der Waals surface area (Å²) in [6.45, 7) is 5.27. The molecule has 2 aromatic rings. The maximum atomic E-state index is 12.5. The minimum Gasteiger partial charge on any atom is -0.351 e. The number of benzene rings is 1. The zero-order valence-electron chi connectivity index (χ0n) is 11.9. The maximum Gasteiger partial charge on any atom is 0.270 e. The van der Waals surface area contributed by atoms with Crippen LogP contribution in [-0.4, -0.2) is 28.9 Å². The molecule has 0 bridgehead atoms. The van der Waals surface area contributed by atoms with E-state index in [4.69, 9.17) is 5.26 Å². The number of nitrogens with zero attached hydrogens (tertiary/aromatic N) is 2. The Hall–Kier alpha value is -2.28. The first-order chi connectivity index (χ1) is 9.61. The van der Waals surface area contributed by atoms with Crippen LogP contribution in [0.1, 0.15) is 30.8 Å². The van der Waals surface area contributed by atoms with Gasteiger partial charge in [-0.1, -0.05) is 32.0 Å². The van der Waals surface area contributed by atoms with Gasteiger partial charge in [-0.25, -0.2) is 0 Å². The summed E-state index contributed by atoms with van der Waals surface area (Å²) < 4.78 is 0. The van der Waals surface area contributed by atoms with Crippen LogP contribution < -0.4 is 0 Å². The lowest BCUT2D eigenvalue weighted by Crippen LogP contribution is -2.35. The molecule has 4 heteroatoms. The lowest BCUT2D eigenvalue weighted by atomic mass is 10.2. The van der Waals surface area contributed by atoms with Gasteiger partial charge in [0.25, 0.3) is 5.91 Å². The van der Waals surface area contributed by atoms with Crippen molar-refractivity contribution in [1.82, 2.24) is 9.88 Å². The molecule has 0 atom stereocenters. The average molecular weight is 269 g/mol. The van der Waals surface area contributed by atoms with Crippen molar-refractivity contribution in [1.29, 1.82) is 5.26 Å². The van der Waals surface area contributed by atoms with Crippen LogP contribution in [0.5, 0.6) is 0 Å². The Kier molecular flexibility index (Phi) is 4.41. The topological polar surface area (TPSA) is 59.9 Å². The molecule has 0 fully saturated rings. The van der Waals surface area contributed by atoms with Crippen LogP contribution in [-0.2, 0) is 0 Å². The highest BCUT2D eigenvalue weighted by Crippen LogP contribution is 2.16. The van der Waals surface area contributed by atoms with Crippen molar-refractivity contribution in [3.05, 3.63) is 36.0 Å². The van der Waals surface area contributed by atoms with Crippen molar-refractivity contribution < 1.29 is 4.79 Å². The van der Waals surface area contributed by atoms with E-state index in [1.165, 1.54) is 0 Å². The van der Waals surface area contributed by atoms with Gasteiger partial charge in [-0.2, -0.15) is 5.26 Å². The molecule has 0 aliphatic carbocycles. The lowest BCUT2D eigenvalue weighted by Gasteiger charge is -2.23. The van der Waals surface area contributed by atoms with E-state index in [-0.39, 0.29) is 5.91 Å². The number of amides is 1. The van der Waals surface area contributed by atoms with Crippen molar-refractivity contribution in [3.8, 4) is 6.07 Å². The molecule has 0 saturated carbocycles. The molecule has 0 aliphatic rings. The van der Waals surface area contributed by atoms with Crippen LogP contribution in [0.15, 0.2) is 30.3 Å². The Morgan fingerprint density at radius 2 is 2.15 bits per heavy atom. The summed E-state index contributed by atoms with van der Waals surface area (Å²) in [6, 6.07) is 11.8. The fraction of sp³-hybridized carbons (Fsp3) is 0.375. The highest BCUT2D eigenvalue weighted by Gasteiger charge is 2.18. The molecular weight excluding hydrogens is 250 g/mol. The van der Waals surface area contributed by atoms with Gasteiger partial charge in [-0.3, -0.25) is 4.79 Å². The number of para-hydroxylation sites is 1. The van der Waals surface area contributed by atoms with E-state index >= 15 is 0 Å². The third-order valence-electron chi connectivity index (χ3n) is 3.13. The first-order valence-corrected chi connectivity index (χ1v) is 6.85. The maximum absolute atomic E-state index is 12.5. The fourth-order valence-corrected chi connectivity index (χ4v) is 2.26. The molecule has 1 aromatic carbocycles. The first-order valence-electron chi connectivity index (χ1n) is 6.85. The second-order valence-electron chi connectivity index (χ2n) is 5.32. The van der Waals surface area contributed by atoms with Gasteiger partial charge >= 0.3 is 0 Å². The number of fused-ring (bicyclic) bond motifs is 1. The van der Waals surface area contributed by atoms with Crippen molar-refractivity contribution in [2.75, 3.05) is 13.1 Å². The molecule has 1 amide bonds. The lowest BCUT2D eigenvalue weighted by molar-refractivity contribution is 0.0735. The molecular formula is C16H19N3O. The van der Waals surface area contributed by atoms with Crippen LogP contribution in [0.3, 0.4) is 0 Å². The Bertz CT molecular complexity index is 603. The number of carbonyl (C=O) groups excluding carboxylic acids is 1. The Labute approximate surface area is 119 Å². The number of rotatable bonds is 5. The van der Waals surface area contributed by atoms with Crippen LogP contribution in [0, 0.1) is 17.2 Å². The summed E-state index contributed by atoms with van der Waals surface area (Å²) in [4.78, 5) is 17.4. The second-order valence-corrected chi connectivity index (χ2v) is 5.32. The summed E-state index contributed by atoms with van der Waals surface area (Å²) in [5.74, 6) is 0.340. The number of aromatic amines is 1. The number of H-pyrrole nitrogens is 1. The van der Waals surface area contributed by atoms with Crippen LogP contribution in [0.4, 0.5) is 0 Å². The van der Waals surface area contributed by atoms with Crippen molar-refractivity contribution in [2.24, 2.45) is 5.92 Å². The van der Waals surface area contributed by atoms with Crippen LogP contribution in [0.25, 0.3) is 10.9 Å². The molecule has 20 heavy (non-hydrogen) atoms. The number of nitriles is 1. The van der Waals surface area contributed by atoms with Crippen LogP contribution >= 0.6 is 0 Å². The smallest absolute Gasteiger partial charge is 0.270 e. The summed E-state index contributed by atoms with van der Waals surface area (Å²) in [7, 11) is 0. The molecule has 104 valence electrons. The number of nitrogens with one attached hydrogen (secondary N) is 1. The van der Waals surface area contributed by atoms with Gasteiger partial charge in [-0.15, -0.1) is 0 Å². The monoisotopic (exact) mass is 269 g/mol. The molecule has 0 aliphatic heterocycles. The van der Waals surface area contributed by atoms with Gasteiger partial charge in [0.2, 0.25) is 0 Å². The second kappa shape index (κ2) is 6.25. The van der Waals surface area contributed by atoms with Gasteiger partial charge in [0, 0.05) is 24.0 Å². The van der Waals surface area contributed by atoms with E-state index < -0.39 is 0 Å². The van der Waals surface area contributed by atoms with Gasteiger partial charge in [0.05, 0.1) is 12.5 Å². The molecule has 0 spiro atoms. The summed E-state index contributed by atoms with van der Waals surface area (Å²) in [6.07, 6.45) is 0.360. The molecule has 0 unspecified atom stereocenters. The first kappa shape index (κ1) is 14.1. The number of hydrogen-bond donors (Lipinski definition) is 1. The molecule has 1 heterocycles. The van der Waals surface area contributed by atoms with Crippen molar-refractivity contribution >= 4 is 16.8 Å².